The molecule has 1 aliphatic rings. The molecule has 1 atom stereocenters. The zero-order chi connectivity index (χ0) is 15.0. The lowest BCUT2D eigenvalue weighted by molar-refractivity contribution is 0.000154. The first-order valence-electron chi connectivity index (χ1n) is 6.98. The summed E-state index contributed by atoms with van der Waals surface area (Å²) in [5.41, 5.74) is 0.419. The van der Waals surface area contributed by atoms with E-state index in [1.807, 2.05) is 6.07 Å². The summed E-state index contributed by atoms with van der Waals surface area (Å²) in [7, 11) is 0. The maximum Gasteiger partial charge on any atom is 0.273 e. The SMILES string of the molecule is CC(C)(O)C1CCCN1C(=O)c1csc(-c2ccoc2)n1. The highest BCUT2D eigenvalue weighted by Crippen LogP contribution is 2.30. The molecule has 3 heterocycles. The van der Waals surface area contributed by atoms with Gasteiger partial charge in [-0.05, 0) is 32.8 Å². The van der Waals surface area contributed by atoms with Gasteiger partial charge in [-0.25, -0.2) is 4.98 Å². The average molecular weight is 306 g/mol. The highest BCUT2D eigenvalue weighted by molar-refractivity contribution is 7.13. The minimum Gasteiger partial charge on any atom is -0.472 e. The molecule has 0 radical (unpaired) electrons. The van der Waals surface area contributed by atoms with Gasteiger partial charge in [-0.1, -0.05) is 0 Å². The summed E-state index contributed by atoms with van der Waals surface area (Å²) in [5.74, 6) is -0.106. The van der Waals surface area contributed by atoms with Crippen LogP contribution < -0.4 is 0 Å². The van der Waals surface area contributed by atoms with Gasteiger partial charge in [0, 0.05) is 17.5 Å². The summed E-state index contributed by atoms with van der Waals surface area (Å²) in [6, 6.07) is 1.67. The monoisotopic (exact) mass is 306 g/mol. The lowest BCUT2D eigenvalue weighted by atomic mass is 9.96. The fourth-order valence-electron chi connectivity index (χ4n) is 2.78. The Morgan fingerprint density at radius 3 is 3.05 bits per heavy atom. The number of carbonyl (C=O) groups is 1. The summed E-state index contributed by atoms with van der Waals surface area (Å²) in [6.07, 6.45) is 4.94. The predicted octanol–water partition coefficient (Wildman–Crippen LogP) is 2.78. The van der Waals surface area contributed by atoms with Crippen LogP contribution in [-0.4, -0.2) is 39.1 Å². The maximum absolute atomic E-state index is 12.6. The van der Waals surface area contributed by atoms with Crippen LogP contribution in [-0.2, 0) is 0 Å². The molecule has 0 aliphatic carbocycles. The molecule has 1 amide bonds. The quantitative estimate of drug-likeness (QED) is 0.947. The van der Waals surface area contributed by atoms with Gasteiger partial charge in [0.1, 0.15) is 17.0 Å². The van der Waals surface area contributed by atoms with Crippen LogP contribution in [0.2, 0.25) is 0 Å². The summed E-state index contributed by atoms with van der Waals surface area (Å²) < 4.78 is 5.04. The van der Waals surface area contributed by atoms with Crippen LogP contribution in [0.5, 0.6) is 0 Å². The summed E-state index contributed by atoms with van der Waals surface area (Å²) in [6.45, 7) is 4.18. The highest BCUT2D eigenvalue weighted by atomic mass is 32.1. The minimum atomic E-state index is -0.893. The number of thiazole rings is 1. The Labute approximate surface area is 127 Å². The highest BCUT2D eigenvalue weighted by Gasteiger charge is 2.39. The Bertz CT molecular complexity index is 628. The van der Waals surface area contributed by atoms with Crippen LogP contribution in [0.3, 0.4) is 0 Å². The van der Waals surface area contributed by atoms with Gasteiger partial charge in [-0.2, -0.15) is 0 Å². The first-order chi connectivity index (χ1) is 9.97. The maximum atomic E-state index is 12.6. The molecule has 1 unspecified atom stereocenters. The molecule has 1 aliphatic heterocycles. The second-order valence-corrected chi connectivity index (χ2v) is 6.72. The van der Waals surface area contributed by atoms with Crippen molar-refractivity contribution in [3.63, 3.8) is 0 Å². The minimum absolute atomic E-state index is 0.106. The van der Waals surface area contributed by atoms with Gasteiger partial charge in [0.2, 0.25) is 0 Å². The van der Waals surface area contributed by atoms with Crippen LogP contribution in [0, 0.1) is 0 Å². The Morgan fingerprint density at radius 2 is 2.38 bits per heavy atom. The van der Waals surface area contributed by atoms with Crippen molar-refractivity contribution in [2.24, 2.45) is 0 Å². The van der Waals surface area contributed by atoms with Gasteiger partial charge in [0.15, 0.2) is 0 Å². The van der Waals surface area contributed by atoms with Crippen molar-refractivity contribution < 1.29 is 14.3 Å². The lowest BCUT2D eigenvalue weighted by Crippen LogP contribution is -2.48. The number of amides is 1. The molecule has 0 bridgehead atoms. The smallest absolute Gasteiger partial charge is 0.273 e. The van der Waals surface area contributed by atoms with E-state index in [0.29, 0.717) is 12.2 Å². The van der Waals surface area contributed by atoms with Crippen molar-refractivity contribution >= 4 is 17.2 Å². The number of hydrogen-bond acceptors (Lipinski definition) is 5. The average Bonchev–Trinajstić information content (AvgIpc) is 3.16. The number of aromatic nitrogens is 1. The van der Waals surface area contributed by atoms with Gasteiger partial charge in [0.05, 0.1) is 17.9 Å². The van der Waals surface area contributed by atoms with Crippen LogP contribution >= 0.6 is 11.3 Å². The van der Waals surface area contributed by atoms with E-state index in [-0.39, 0.29) is 11.9 Å². The molecule has 0 spiro atoms. The predicted molar refractivity (Wildman–Crippen MR) is 80.2 cm³/mol. The van der Waals surface area contributed by atoms with E-state index in [4.69, 9.17) is 4.42 Å². The van der Waals surface area contributed by atoms with E-state index in [2.05, 4.69) is 4.98 Å². The number of hydrogen-bond donors (Lipinski definition) is 1. The molecular formula is C15H18N2O3S. The zero-order valence-corrected chi connectivity index (χ0v) is 12.9. The molecule has 112 valence electrons. The normalized spacial score (nSPS) is 19.2. The first kappa shape index (κ1) is 14.3. The van der Waals surface area contributed by atoms with Crippen molar-refractivity contribution in [3.05, 3.63) is 29.7 Å². The third-order valence-electron chi connectivity index (χ3n) is 3.82. The third kappa shape index (κ3) is 2.73. The number of aliphatic hydroxyl groups is 1. The standard InChI is InChI=1S/C15H18N2O3S/c1-15(2,19)12-4-3-6-17(12)14(18)11-9-21-13(16-11)10-5-7-20-8-10/h5,7-9,12,19H,3-4,6H2,1-2H3. The number of furan rings is 1. The van der Waals surface area contributed by atoms with Gasteiger partial charge in [-0.15, -0.1) is 11.3 Å². The fraction of sp³-hybridized carbons (Fsp3) is 0.467. The van der Waals surface area contributed by atoms with Crippen LogP contribution in [0.1, 0.15) is 37.2 Å². The van der Waals surface area contributed by atoms with Crippen molar-refractivity contribution in [1.29, 1.82) is 0 Å². The molecule has 3 rings (SSSR count). The number of carbonyl (C=O) groups excluding carboxylic acids is 1. The van der Waals surface area contributed by atoms with E-state index < -0.39 is 5.60 Å². The molecule has 6 heteroatoms. The number of rotatable bonds is 3. The Morgan fingerprint density at radius 1 is 1.57 bits per heavy atom. The Kier molecular flexibility index (Phi) is 3.59. The summed E-state index contributed by atoms with van der Waals surface area (Å²) >= 11 is 1.42. The molecule has 21 heavy (non-hydrogen) atoms. The van der Waals surface area contributed by atoms with E-state index >= 15 is 0 Å². The van der Waals surface area contributed by atoms with E-state index in [9.17, 15) is 9.90 Å². The molecular weight excluding hydrogens is 288 g/mol. The number of nitrogens with zero attached hydrogens (tertiary/aromatic N) is 2. The second-order valence-electron chi connectivity index (χ2n) is 5.86. The van der Waals surface area contributed by atoms with Crippen LogP contribution in [0.4, 0.5) is 0 Å². The summed E-state index contributed by atoms with van der Waals surface area (Å²) in [4.78, 5) is 18.8. The van der Waals surface area contributed by atoms with Gasteiger partial charge >= 0.3 is 0 Å². The topological polar surface area (TPSA) is 66.6 Å². The first-order valence-corrected chi connectivity index (χ1v) is 7.86. The molecule has 5 nitrogen and oxygen atoms in total. The molecule has 0 aromatic carbocycles. The van der Waals surface area contributed by atoms with Crippen molar-refractivity contribution in [3.8, 4) is 10.6 Å². The second kappa shape index (κ2) is 5.27. The largest absolute Gasteiger partial charge is 0.472 e. The van der Waals surface area contributed by atoms with Gasteiger partial charge < -0.3 is 14.4 Å². The lowest BCUT2D eigenvalue weighted by Gasteiger charge is -2.33. The van der Waals surface area contributed by atoms with Crippen molar-refractivity contribution in [2.75, 3.05) is 6.54 Å². The van der Waals surface area contributed by atoms with E-state index in [1.54, 1.807) is 36.7 Å². The fourth-order valence-corrected chi connectivity index (χ4v) is 3.56. The zero-order valence-electron chi connectivity index (χ0n) is 12.1. The molecule has 0 saturated carbocycles. The van der Waals surface area contributed by atoms with Crippen molar-refractivity contribution in [2.45, 2.75) is 38.3 Å². The summed E-state index contributed by atoms with van der Waals surface area (Å²) in [5, 5.41) is 12.8. The third-order valence-corrected chi connectivity index (χ3v) is 4.71. The van der Waals surface area contributed by atoms with Crippen LogP contribution in [0.15, 0.2) is 28.4 Å². The van der Waals surface area contributed by atoms with Gasteiger partial charge in [-0.3, -0.25) is 4.79 Å². The molecule has 1 N–H and O–H groups in total. The molecule has 2 aromatic heterocycles. The number of likely N-dealkylation sites (tertiary alicyclic amines) is 1. The van der Waals surface area contributed by atoms with Crippen LogP contribution in [0.25, 0.3) is 10.6 Å². The molecule has 1 saturated heterocycles. The van der Waals surface area contributed by atoms with E-state index in [1.165, 1.54) is 11.3 Å². The van der Waals surface area contributed by atoms with E-state index in [0.717, 1.165) is 23.4 Å². The molecule has 2 aromatic rings. The van der Waals surface area contributed by atoms with Crippen molar-refractivity contribution in [1.82, 2.24) is 9.88 Å². The Hall–Kier alpha value is -1.66. The Balaban J connectivity index is 1.82. The van der Waals surface area contributed by atoms with Gasteiger partial charge in [0.25, 0.3) is 5.91 Å². The molecule has 1 fully saturated rings.